The second-order valence-electron chi connectivity index (χ2n) is 3.83. The molecule has 8 heteroatoms. The number of pyridine rings is 1. The quantitative estimate of drug-likeness (QED) is 0.917. The fourth-order valence-electron chi connectivity index (χ4n) is 1.27. The van der Waals surface area contributed by atoms with Crippen LogP contribution < -0.4 is 5.73 Å². The number of alkyl halides is 3. The normalized spacial score (nSPS) is 11.8. The zero-order valence-corrected chi connectivity index (χ0v) is 10.9. The lowest BCUT2D eigenvalue weighted by atomic mass is 10.3. The van der Waals surface area contributed by atoms with E-state index < -0.39 is 11.9 Å². The first-order valence-electron chi connectivity index (χ1n) is 5.22. The van der Waals surface area contributed by atoms with Crippen LogP contribution in [0.25, 0.3) is 0 Å². The van der Waals surface area contributed by atoms with Crippen LogP contribution in [0.15, 0.2) is 26.8 Å². The number of nitrogen functional groups attached to an aromatic ring is 1. The minimum atomic E-state index is -4.51. The van der Waals surface area contributed by atoms with E-state index in [-0.39, 0.29) is 15.8 Å². The zero-order chi connectivity index (χ0) is 14.2. The van der Waals surface area contributed by atoms with Crippen LogP contribution in [0.4, 0.5) is 18.9 Å². The average Bonchev–Trinajstić information content (AvgIpc) is 2.59. The highest BCUT2D eigenvalue weighted by Crippen LogP contribution is 2.36. The third kappa shape index (κ3) is 3.01. The number of aromatic nitrogens is 2. The van der Waals surface area contributed by atoms with Gasteiger partial charge in [0.2, 0.25) is 0 Å². The molecule has 0 spiro atoms. The summed E-state index contributed by atoms with van der Waals surface area (Å²) >= 11 is 0.937. The van der Waals surface area contributed by atoms with Crippen LogP contribution in [0.3, 0.4) is 0 Å². The van der Waals surface area contributed by atoms with Crippen LogP contribution in [0.5, 0.6) is 0 Å². The van der Waals surface area contributed by atoms with E-state index in [9.17, 15) is 13.2 Å². The summed E-state index contributed by atoms with van der Waals surface area (Å²) in [5.74, 6) is 0.617. The third-order valence-electron chi connectivity index (χ3n) is 2.39. The number of aryl methyl sites for hydroxylation is 2. The van der Waals surface area contributed by atoms with Gasteiger partial charge in [0.15, 0.2) is 0 Å². The van der Waals surface area contributed by atoms with Gasteiger partial charge in [-0.25, -0.2) is 9.97 Å². The molecule has 2 N–H and O–H groups in total. The third-order valence-corrected chi connectivity index (χ3v) is 3.31. The molecular weight excluding hydrogens is 279 g/mol. The Morgan fingerprint density at radius 1 is 1.32 bits per heavy atom. The molecule has 0 fully saturated rings. The molecule has 2 heterocycles. The molecule has 0 aliphatic carbocycles. The van der Waals surface area contributed by atoms with Crippen molar-refractivity contribution in [3.05, 3.63) is 29.4 Å². The van der Waals surface area contributed by atoms with Crippen LogP contribution >= 0.6 is 11.8 Å². The number of nitrogens with zero attached hydrogens (tertiary/aromatic N) is 2. The van der Waals surface area contributed by atoms with Gasteiger partial charge in [-0.1, -0.05) is 0 Å². The summed E-state index contributed by atoms with van der Waals surface area (Å²) in [5.41, 5.74) is 5.44. The van der Waals surface area contributed by atoms with Crippen molar-refractivity contribution < 1.29 is 17.6 Å². The van der Waals surface area contributed by atoms with Gasteiger partial charge in [0.05, 0.1) is 17.6 Å². The Bertz CT molecular complexity index is 590. The molecule has 0 aliphatic heterocycles. The van der Waals surface area contributed by atoms with E-state index >= 15 is 0 Å². The number of anilines is 1. The number of halogens is 3. The van der Waals surface area contributed by atoms with Crippen LogP contribution in [-0.4, -0.2) is 9.97 Å². The second kappa shape index (κ2) is 4.76. The summed E-state index contributed by atoms with van der Waals surface area (Å²) in [5, 5.41) is 0.251. The van der Waals surface area contributed by atoms with E-state index in [1.807, 2.05) is 0 Å². The molecule has 2 aromatic rings. The SMILES string of the molecule is Cc1nc(Sc2cc(C(F)(F)F)ncc2N)oc1C. The van der Waals surface area contributed by atoms with Crippen molar-refractivity contribution >= 4 is 17.4 Å². The molecule has 2 rings (SSSR count). The molecular formula is C11H10F3N3OS. The topological polar surface area (TPSA) is 64.9 Å². The van der Waals surface area contributed by atoms with Crippen molar-refractivity contribution in [2.75, 3.05) is 5.73 Å². The molecule has 0 amide bonds. The first-order valence-corrected chi connectivity index (χ1v) is 6.03. The van der Waals surface area contributed by atoms with Crippen molar-refractivity contribution in [1.82, 2.24) is 9.97 Å². The van der Waals surface area contributed by atoms with Gasteiger partial charge in [-0.2, -0.15) is 13.2 Å². The Balaban J connectivity index is 2.34. The van der Waals surface area contributed by atoms with E-state index in [1.165, 1.54) is 0 Å². The second-order valence-corrected chi connectivity index (χ2v) is 4.82. The summed E-state index contributed by atoms with van der Waals surface area (Å²) < 4.78 is 43.0. The van der Waals surface area contributed by atoms with Gasteiger partial charge in [-0.05, 0) is 31.7 Å². The smallest absolute Gasteiger partial charge is 0.433 e. The first-order chi connectivity index (χ1) is 8.77. The van der Waals surface area contributed by atoms with E-state index in [2.05, 4.69) is 9.97 Å². The number of rotatable bonds is 2. The number of hydrogen-bond acceptors (Lipinski definition) is 5. The lowest BCUT2D eigenvalue weighted by Crippen LogP contribution is -2.08. The van der Waals surface area contributed by atoms with Gasteiger partial charge in [-0.3, -0.25) is 0 Å². The fourth-order valence-corrected chi connectivity index (χ4v) is 2.15. The highest BCUT2D eigenvalue weighted by molar-refractivity contribution is 7.99. The monoisotopic (exact) mass is 289 g/mol. The Morgan fingerprint density at radius 2 is 2.00 bits per heavy atom. The molecule has 2 aromatic heterocycles. The van der Waals surface area contributed by atoms with E-state index in [1.54, 1.807) is 13.8 Å². The van der Waals surface area contributed by atoms with Gasteiger partial charge >= 0.3 is 6.18 Å². The molecule has 4 nitrogen and oxygen atoms in total. The van der Waals surface area contributed by atoms with Gasteiger partial charge in [0, 0.05) is 4.90 Å². The number of nitrogens with two attached hydrogens (primary N) is 1. The van der Waals surface area contributed by atoms with Gasteiger partial charge < -0.3 is 10.2 Å². The molecule has 0 aliphatic rings. The predicted octanol–water partition coefficient (Wildman–Crippen LogP) is 3.44. The minimum Gasteiger partial charge on any atom is -0.436 e. The van der Waals surface area contributed by atoms with Crippen molar-refractivity contribution in [1.29, 1.82) is 0 Å². The standard InChI is InChI=1S/C11H10F3N3OS/c1-5-6(2)18-10(17-5)19-8-3-9(11(12,13)14)16-4-7(8)15/h3-4H,15H2,1-2H3. The van der Waals surface area contributed by atoms with Crippen molar-refractivity contribution in [3.63, 3.8) is 0 Å². The molecule has 102 valence electrons. The maximum Gasteiger partial charge on any atom is 0.433 e. The number of hydrogen-bond donors (Lipinski definition) is 1. The van der Waals surface area contributed by atoms with Crippen LogP contribution in [-0.2, 0) is 6.18 Å². The molecule has 0 atom stereocenters. The van der Waals surface area contributed by atoms with Gasteiger partial charge in [0.25, 0.3) is 5.22 Å². The Kier molecular flexibility index (Phi) is 3.44. The maximum absolute atomic E-state index is 12.6. The lowest BCUT2D eigenvalue weighted by molar-refractivity contribution is -0.141. The van der Waals surface area contributed by atoms with Crippen molar-refractivity contribution in [3.8, 4) is 0 Å². The summed E-state index contributed by atoms with van der Waals surface area (Å²) in [4.78, 5) is 7.55. The summed E-state index contributed by atoms with van der Waals surface area (Å²) in [6, 6.07) is 0.884. The van der Waals surface area contributed by atoms with E-state index in [0.29, 0.717) is 11.5 Å². The Morgan fingerprint density at radius 3 is 2.53 bits per heavy atom. The molecule has 0 radical (unpaired) electrons. The molecule has 0 saturated carbocycles. The fraction of sp³-hybridized carbons (Fsp3) is 0.273. The van der Waals surface area contributed by atoms with Gasteiger partial charge in [-0.15, -0.1) is 0 Å². The van der Waals surface area contributed by atoms with E-state index in [0.717, 1.165) is 24.0 Å². The lowest BCUT2D eigenvalue weighted by Gasteiger charge is -2.08. The average molecular weight is 289 g/mol. The minimum absolute atomic E-state index is 0.145. The van der Waals surface area contributed by atoms with Crippen LogP contribution in [0.2, 0.25) is 0 Å². The first kappa shape index (κ1) is 13.7. The molecule has 0 saturated heterocycles. The van der Waals surface area contributed by atoms with Crippen LogP contribution in [0.1, 0.15) is 17.1 Å². The molecule has 19 heavy (non-hydrogen) atoms. The Labute approximate surface area is 111 Å². The number of oxazole rings is 1. The molecule has 0 unspecified atom stereocenters. The highest BCUT2D eigenvalue weighted by atomic mass is 32.2. The summed E-state index contributed by atoms with van der Waals surface area (Å²) in [6.45, 7) is 3.48. The highest BCUT2D eigenvalue weighted by Gasteiger charge is 2.33. The van der Waals surface area contributed by atoms with Crippen LogP contribution in [0, 0.1) is 13.8 Å². The van der Waals surface area contributed by atoms with Crippen molar-refractivity contribution in [2.24, 2.45) is 0 Å². The maximum atomic E-state index is 12.6. The molecule has 0 bridgehead atoms. The van der Waals surface area contributed by atoms with Crippen molar-refractivity contribution in [2.45, 2.75) is 30.1 Å². The Hall–Kier alpha value is -1.70. The summed E-state index contributed by atoms with van der Waals surface area (Å²) in [6.07, 6.45) is -3.53. The summed E-state index contributed by atoms with van der Waals surface area (Å²) in [7, 11) is 0. The molecule has 0 aromatic carbocycles. The zero-order valence-electron chi connectivity index (χ0n) is 10.1. The van der Waals surface area contributed by atoms with E-state index in [4.69, 9.17) is 10.2 Å². The predicted molar refractivity (Wildman–Crippen MR) is 63.8 cm³/mol. The largest absolute Gasteiger partial charge is 0.436 e. The van der Waals surface area contributed by atoms with Gasteiger partial charge in [0.1, 0.15) is 11.5 Å².